The van der Waals surface area contributed by atoms with Crippen LogP contribution in [0.2, 0.25) is 0 Å². The van der Waals surface area contributed by atoms with E-state index in [1.807, 2.05) is 0 Å². The van der Waals surface area contributed by atoms with Gasteiger partial charge in [-0.05, 0) is 49.8 Å². The minimum absolute atomic E-state index is 0.0257. The maximum atomic E-state index is 13.9. The molecular formula is C28H36FN3O4. The Morgan fingerprint density at radius 1 is 1.00 bits per heavy atom. The van der Waals surface area contributed by atoms with Crippen LogP contribution in [-0.2, 0) is 17.8 Å². The van der Waals surface area contributed by atoms with Crippen molar-refractivity contribution < 1.29 is 18.7 Å². The third-order valence-electron chi connectivity index (χ3n) is 7.14. The average molecular weight is 498 g/mol. The first-order valence-corrected chi connectivity index (χ1v) is 13.1. The van der Waals surface area contributed by atoms with Crippen LogP contribution in [0.15, 0.2) is 35.4 Å². The number of aryl methyl sites for hydroxylation is 1. The Morgan fingerprint density at radius 2 is 1.69 bits per heavy atom. The third kappa shape index (κ3) is 6.81. The molecule has 36 heavy (non-hydrogen) atoms. The van der Waals surface area contributed by atoms with E-state index in [9.17, 15) is 18.8 Å². The van der Waals surface area contributed by atoms with Crippen LogP contribution < -0.4 is 16.1 Å². The molecule has 2 heterocycles. The van der Waals surface area contributed by atoms with Gasteiger partial charge in [-0.2, -0.15) is 0 Å². The van der Waals surface area contributed by atoms with Crippen LogP contribution in [0.25, 0.3) is 0 Å². The average Bonchev–Trinajstić information content (AvgIpc) is 3.35. The fraction of sp³-hybridized carbons (Fsp3) is 0.536. The van der Waals surface area contributed by atoms with Gasteiger partial charge in [-0.25, -0.2) is 4.39 Å². The fourth-order valence-electron chi connectivity index (χ4n) is 4.97. The molecular weight excluding hydrogens is 461 g/mol. The lowest BCUT2D eigenvalue weighted by molar-refractivity contribution is 0.0914. The van der Waals surface area contributed by atoms with Crippen molar-refractivity contribution in [3.63, 3.8) is 0 Å². The van der Waals surface area contributed by atoms with Crippen LogP contribution in [0.1, 0.15) is 89.6 Å². The number of carbonyl (C=O) groups is 2. The molecule has 0 radical (unpaired) electrons. The van der Waals surface area contributed by atoms with E-state index in [0.29, 0.717) is 24.3 Å². The lowest BCUT2D eigenvalue weighted by Crippen LogP contribution is -2.40. The molecule has 1 aliphatic carbocycles. The van der Waals surface area contributed by atoms with Crippen LogP contribution in [0.4, 0.5) is 4.39 Å². The molecule has 1 aromatic carbocycles. The van der Waals surface area contributed by atoms with Crippen molar-refractivity contribution in [2.24, 2.45) is 0 Å². The largest absolute Gasteiger partial charge is 0.376 e. The summed E-state index contributed by atoms with van der Waals surface area (Å²) in [4.78, 5) is 39.6. The van der Waals surface area contributed by atoms with Crippen LogP contribution in [0.5, 0.6) is 0 Å². The number of pyridine rings is 1. The molecule has 0 bridgehead atoms. The molecule has 2 aromatic rings. The predicted octanol–water partition coefficient (Wildman–Crippen LogP) is 4.25. The van der Waals surface area contributed by atoms with Gasteiger partial charge in [0.2, 0.25) is 5.43 Å². The van der Waals surface area contributed by atoms with Gasteiger partial charge in [0.15, 0.2) is 0 Å². The van der Waals surface area contributed by atoms with Crippen molar-refractivity contribution in [2.45, 2.75) is 89.9 Å². The molecule has 1 saturated heterocycles. The van der Waals surface area contributed by atoms with Crippen LogP contribution in [0.3, 0.4) is 0 Å². The van der Waals surface area contributed by atoms with E-state index in [1.54, 1.807) is 23.6 Å². The molecule has 2 aliphatic rings. The van der Waals surface area contributed by atoms with Gasteiger partial charge in [0.05, 0.1) is 6.10 Å². The maximum Gasteiger partial charge on any atom is 0.257 e. The number of halogens is 1. The Morgan fingerprint density at radius 3 is 2.36 bits per heavy atom. The summed E-state index contributed by atoms with van der Waals surface area (Å²) in [7, 11) is 0. The second-order valence-electron chi connectivity index (χ2n) is 10.0. The minimum atomic E-state index is -0.602. The van der Waals surface area contributed by atoms with E-state index in [1.165, 1.54) is 24.9 Å². The lowest BCUT2D eigenvalue weighted by Gasteiger charge is -2.21. The molecule has 2 amide bonds. The molecule has 8 heteroatoms. The van der Waals surface area contributed by atoms with Gasteiger partial charge < -0.3 is 19.9 Å². The topological polar surface area (TPSA) is 89.4 Å². The third-order valence-corrected chi connectivity index (χ3v) is 7.14. The van der Waals surface area contributed by atoms with E-state index < -0.39 is 17.2 Å². The standard InChI is InChI=1S/C28H36FN3O4/c1-19-11-12-20(14-25(19)29)15-30-27(34)23-17-32(16-22-10-7-13-36-22)18-24(26(23)33)28(35)31-21-8-5-3-2-4-6-9-21/h11-12,14,17-18,21-22H,2-10,13,15-16H2,1H3,(H,30,34)(H,31,35). The van der Waals surface area contributed by atoms with Crippen LogP contribution in [0, 0.1) is 12.7 Å². The first-order valence-electron chi connectivity index (χ1n) is 13.1. The predicted molar refractivity (Wildman–Crippen MR) is 136 cm³/mol. The zero-order valence-corrected chi connectivity index (χ0v) is 21.0. The van der Waals surface area contributed by atoms with Crippen molar-refractivity contribution >= 4 is 11.8 Å². The van der Waals surface area contributed by atoms with E-state index in [-0.39, 0.29) is 35.6 Å². The van der Waals surface area contributed by atoms with Gasteiger partial charge in [0, 0.05) is 38.1 Å². The number of hydrogen-bond donors (Lipinski definition) is 2. The number of ether oxygens (including phenoxy) is 1. The van der Waals surface area contributed by atoms with Gasteiger partial charge in [0.25, 0.3) is 11.8 Å². The van der Waals surface area contributed by atoms with E-state index >= 15 is 0 Å². The summed E-state index contributed by atoms with van der Waals surface area (Å²) in [5.41, 5.74) is 0.360. The zero-order chi connectivity index (χ0) is 25.5. The summed E-state index contributed by atoms with van der Waals surface area (Å²) in [5, 5.41) is 5.75. The SMILES string of the molecule is Cc1ccc(CNC(=O)c2cn(CC3CCCO3)cc(C(=O)NC3CCCCCCC3)c2=O)cc1F. The molecule has 4 rings (SSSR count). The number of carbonyl (C=O) groups excluding carboxylic acids is 2. The number of hydrogen-bond acceptors (Lipinski definition) is 4. The fourth-order valence-corrected chi connectivity index (χ4v) is 4.97. The van der Waals surface area contributed by atoms with Gasteiger partial charge in [-0.1, -0.05) is 44.2 Å². The monoisotopic (exact) mass is 497 g/mol. The van der Waals surface area contributed by atoms with Crippen LogP contribution in [-0.4, -0.2) is 35.1 Å². The first-order chi connectivity index (χ1) is 17.4. The molecule has 2 N–H and O–H groups in total. The number of nitrogens with zero attached hydrogens (tertiary/aromatic N) is 1. The Labute approximate surface area is 211 Å². The molecule has 1 saturated carbocycles. The number of rotatable bonds is 7. The van der Waals surface area contributed by atoms with Crippen molar-refractivity contribution in [2.75, 3.05) is 6.61 Å². The number of amides is 2. The number of nitrogens with one attached hydrogen (secondary N) is 2. The highest BCUT2D eigenvalue weighted by Gasteiger charge is 2.23. The lowest BCUT2D eigenvalue weighted by atomic mass is 9.96. The van der Waals surface area contributed by atoms with Crippen molar-refractivity contribution in [1.82, 2.24) is 15.2 Å². The summed E-state index contributed by atoms with van der Waals surface area (Å²) in [6.07, 6.45) is 12.3. The van der Waals surface area contributed by atoms with Gasteiger partial charge >= 0.3 is 0 Å². The first kappa shape index (κ1) is 26.1. The van der Waals surface area contributed by atoms with Crippen molar-refractivity contribution in [3.05, 3.63) is 68.9 Å². The molecule has 7 nitrogen and oxygen atoms in total. The van der Waals surface area contributed by atoms with Crippen LogP contribution >= 0.6 is 0 Å². The van der Waals surface area contributed by atoms with Crippen molar-refractivity contribution in [3.8, 4) is 0 Å². The van der Waals surface area contributed by atoms with Gasteiger partial charge in [-0.15, -0.1) is 0 Å². The normalized spacial score (nSPS) is 18.9. The van der Waals surface area contributed by atoms with E-state index in [4.69, 9.17) is 4.74 Å². The molecule has 2 fully saturated rings. The molecule has 194 valence electrons. The molecule has 1 atom stereocenters. The highest BCUT2D eigenvalue weighted by molar-refractivity contribution is 5.99. The summed E-state index contributed by atoms with van der Waals surface area (Å²) in [6, 6.07) is 4.77. The quantitative estimate of drug-likeness (QED) is 0.599. The van der Waals surface area contributed by atoms with Gasteiger partial charge in [-0.3, -0.25) is 14.4 Å². The zero-order valence-electron chi connectivity index (χ0n) is 21.0. The Bertz CT molecular complexity index is 1130. The van der Waals surface area contributed by atoms with Crippen molar-refractivity contribution in [1.29, 1.82) is 0 Å². The highest BCUT2D eigenvalue weighted by Crippen LogP contribution is 2.18. The van der Waals surface area contributed by atoms with E-state index in [0.717, 1.165) is 51.4 Å². The highest BCUT2D eigenvalue weighted by atomic mass is 19.1. The summed E-state index contributed by atoms with van der Waals surface area (Å²) in [6.45, 7) is 2.87. The Balaban J connectivity index is 1.55. The number of benzene rings is 1. The summed E-state index contributed by atoms with van der Waals surface area (Å²) < 4.78 is 21.3. The number of aromatic nitrogens is 1. The molecule has 1 unspecified atom stereocenters. The maximum absolute atomic E-state index is 13.9. The second kappa shape index (κ2) is 12.3. The Kier molecular flexibility index (Phi) is 8.91. The van der Waals surface area contributed by atoms with Gasteiger partial charge in [0.1, 0.15) is 16.9 Å². The second-order valence-corrected chi connectivity index (χ2v) is 10.0. The summed E-state index contributed by atoms with van der Waals surface area (Å²) in [5.74, 6) is -1.39. The molecule has 0 spiro atoms. The van der Waals surface area contributed by atoms with E-state index in [2.05, 4.69) is 10.6 Å². The summed E-state index contributed by atoms with van der Waals surface area (Å²) >= 11 is 0. The molecule has 1 aliphatic heterocycles. The minimum Gasteiger partial charge on any atom is -0.376 e. The molecule has 1 aromatic heterocycles. The Hall–Kier alpha value is -3.00. The smallest absolute Gasteiger partial charge is 0.257 e.